The summed E-state index contributed by atoms with van der Waals surface area (Å²) >= 11 is 3.39. The van der Waals surface area contributed by atoms with E-state index in [-0.39, 0.29) is 36.4 Å². The van der Waals surface area contributed by atoms with E-state index in [4.69, 9.17) is 23.8 Å². The highest BCUT2D eigenvalue weighted by Gasteiger charge is 2.30. The van der Waals surface area contributed by atoms with Crippen LogP contribution in [-0.2, 0) is 11.0 Å². The van der Waals surface area contributed by atoms with Crippen LogP contribution in [-0.4, -0.2) is 46.9 Å². The van der Waals surface area contributed by atoms with Crippen molar-refractivity contribution in [2.75, 3.05) is 19.8 Å². The number of hydrazine groups is 2. The molecule has 0 amide bonds. The quantitative estimate of drug-likeness (QED) is 0.282. The van der Waals surface area contributed by atoms with Crippen LogP contribution in [0.3, 0.4) is 0 Å². The number of nitrogens with one attached hydrogen (secondary N) is 2. The molecule has 3 N–H and O–H groups in total. The van der Waals surface area contributed by atoms with Gasteiger partial charge in [0.25, 0.3) is 5.88 Å². The maximum atomic E-state index is 12.7. The van der Waals surface area contributed by atoms with E-state index in [1.54, 1.807) is 18.2 Å². The summed E-state index contributed by atoms with van der Waals surface area (Å²) < 4.78 is 60.6. The number of carboxylic acid groups (broad SMARTS) is 1. The number of amidine groups is 1. The zero-order valence-electron chi connectivity index (χ0n) is 18.8. The molecule has 0 aliphatic carbocycles. The SMILES string of the molecule is O=C(O)CN1NN=C(c2cc(OCCCOc3ccc(Oc4ccc(C(F)(F)F)cc4)cc3Br)no2)N1. The van der Waals surface area contributed by atoms with Gasteiger partial charge >= 0.3 is 12.1 Å². The number of benzene rings is 2. The molecule has 0 saturated heterocycles. The van der Waals surface area contributed by atoms with Crippen LogP contribution < -0.4 is 25.2 Å². The standard InChI is InChI=1S/C22H19BrF3N5O6/c23-16-10-15(36-14-4-2-13(3-5-14)22(24,25)26)6-7-17(16)34-8-1-9-35-19-11-18(37-29-19)21-27-30-31(28-21)12-20(32)33/h2-7,10-11,30H,1,8-9,12H2,(H,27,28)(H,32,33). The first-order valence-corrected chi connectivity index (χ1v) is 11.4. The molecule has 1 aliphatic rings. The summed E-state index contributed by atoms with van der Waals surface area (Å²) in [5.74, 6) is 0.930. The van der Waals surface area contributed by atoms with Gasteiger partial charge in [-0.05, 0) is 63.6 Å². The first kappa shape index (κ1) is 26.1. The van der Waals surface area contributed by atoms with E-state index >= 15 is 0 Å². The molecule has 1 aromatic heterocycles. The van der Waals surface area contributed by atoms with Gasteiger partial charge in [-0.25, -0.2) is 5.53 Å². The lowest BCUT2D eigenvalue weighted by Gasteiger charge is -2.11. The second kappa shape index (κ2) is 11.4. The van der Waals surface area contributed by atoms with Crippen molar-refractivity contribution in [1.29, 1.82) is 0 Å². The van der Waals surface area contributed by atoms with Gasteiger partial charge in [0.2, 0.25) is 11.6 Å². The van der Waals surface area contributed by atoms with Crippen molar-refractivity contribution in [3.05, 3.63) is 64.3 Å². The van der Waals surface area contributed by atoms with Crippen LogP contribution in [0.25, 0.3) is 0 Å². The number of aliphatic carboxylic acids is 1. The van der Waals surface area contributed by atoms with Gasteiger partial charge in [-0.2, -0.15) is 13.2 Å². The topological polar surface area (TPSA) is 131 Å². The Labute approximate surface area is 215 Å². The Morgan fingerprint density at radius 3 is 2.51 bits per heavy atom. The average Bonchev–Trinajstić information content (AvgIpc) is 3.49. The van der Waals surface area contributed by atoms with Gasteiger partial charge in [0.05, 0.1) is 29.3 Å². The Kier molecular flexibility index (Phi) is 8.03. The molecule has 37 heavy (non-hydrogen) atoms. The molecule has 2 heterocycles. The summed E-state index contributed by atoms with van der Waals surface area (Å²) in [6.45, 7) is 0.280. The maximum Gasteiger partial charge on any atom is 0.416 e. The van der Waals surface area contributed by atoms with Gasteiger partial charge < -0.3 is 23.8 Å². The number of carboxylic acids is 1. The Balaban J connectivity index is 1.19. The molecular formula is C22H19BrF3N5O6. The minimum atomic E-state index is -4.41. The fraction of sp³-hybridized carbons (Fsp3) is 0.227. The lowest BCUT2D eigenvalue weighted by atomic mass is 10.2. The minimum Gasteiger partial charge on any atom is -0.492 e. The second-order valence-corrected chi connectivity index (χ2v) is 8.30. The smallest absolute Gasteiger partial charge is 0.416 e. The number of hydrazone groups is 1. The van der Waals surface area contributed by atoms with Gasteiger partial charge in [0.15, 0.2) is 0 Å². The fourth-order valence-corrected chi connectivity index (χ4v) is 3.45. The number of alkyl halides is 3. The molecule has 1 aliphatic heterocycles. The Morgan fingerprint density at radius 1 is 1.08 bits per heavy atom. The molecule has 4 rings (SSSR count). The zero-order valence-corrected chi connectivity index (χ0v) is 20.4. The third kappa shape index (κ3) is 7.27. The number of rotatable bonds is 11. The second-order valence-electron chi connectivity index (χ2n) is 7.45. The summed E-state index contributed by atoms with van der Waals surface area (Å²) in [4.78, 5) is 10.7. The lowest BCUT2D eigenvalue weighted by Crippen LogP contribution is -2.44. The Morgan fingerprint density at radius 2 is 1.81 bits per heavy atom. The zero-order chi connectivity index (χ0) is 26.4. The molecule has 0 atom stereocenters. The first-order valence-electron chi connectivity index (χ1n) is 10.6. The number of ether oxygens (including phenoxy) is 3. The summed E-state index contributed by atoms with van der Waals surface area (Å²) in [6, 6.07) is 10.9. The highest BCUT2D eigenvalue weighted by atomic mass is 79.9. The molecule has 15 heteroatoms. The Bertz CT molecular complexity index is 1270. The highest BCUT2D eigenvalue weighted by Crippen LogP contribution is 2.34. The van der Waals surface area contributed by atoms with Crippen LogP contribution in [0.2, 0.25) is 0 Å². The van der Waals surface area contributed by atoms with Crippen LogP contribution in [0.15, 0.2) is 62.6 Å². The van der Waals surface area contributed by atoms with Crippen molar-refractivity contribution < 1.29 is 41.8 Å². The van der Waals surface area contributed by atoms with E-state index in [9.17, 15) is 18.0 Å². The molecule has 0 radical (unpaired) electrons. The van der Waals surface area contributed by atoms with E-state index in [2.05, 4.69) is 37.1 Å². The van der Waals surface area contributed by atoms with Crippen LogP contribution in [0.5, 0.6) is 23.1 Å². The van der Waals surface area contributed by atoms with Crippen molar-refractivity contribution in [3.63, 3.8) is 0 Å². The number of halogens is 4. The number of carbonyl (C=O) groups is 1. The van der Waals surface area contributed by atoms with Crippen molar-refractivity contribution in [1.82, 2.24) is 21.2 Å². The van der Waals surface area contributed by atoms with Crippen molar-refractivity contribution in [2.24, 2.45) is 5.10 Å². The third-order valence-corrected chi connectivity index (χ3v) is 5.28. The predicted molar refractivity (Wildman–Crippen MR) is 125 cm³/mol. The fourth-order valence-electron chi connectivity index (χ4n) is 2.98. The van der Waals surface area contributed by atoms with E-state index in [0.29, 0.717) is 29.0 Å². The van der Waals surface area contributed by atoms with E-state index in [1.807, 2.05) is 0 Å². The van der Waals surface area contributed by atoms with Gasteiger partial charge in [-0.1, -0.05) is 0 Å². The third-order valence-electron chi connectivity index (χ3n) is 4.66. The minimum absolute atomic E-state index is 0.224. The van der Waals surface area contributed by atoms with Crippen molar-refractivity contribution in [2.45, 2.75) is 12.6 Å². The van der Waals surface area contributed by atoms with Crippen molar-refractivity contribution >= 4 is 27.7 Å². The highest BCUT2D eigenvalue weighted by molar-refractivity contribution is 9.10. The maximum absolute atomic E-state index is 12.7. The number of aromatic nitrogens is 1. The number of nitrogens with zero attached hydrogens (tertiary/aromatic N) is 3. The van der Waals surface area contributed by atoms with E-state index in [0.717, 1.165) is 17.3 Å². The number of hydrogen-bond donors (Lipinski definition) is 3. The van der Waals surface area contributed by atoms with Crippen LogP contribution in [0.4, 0.5) is 13.2 Å². The monoisotopic (exact) mass is 585 g/mol. The Hall–Kier alpha value is -3.98. The summed E-state index contributed by atoms with van der Waals surface area (Å²) in [5, 5.41) is 17.6. The van der Waals surface area contributed by atoms with Crippen LogP contribution in [0, 0.1) is 0 Å². The molecule has 11 nitrogen and oxygen atoms in total. The number of hydrogen-bond acceptors (Lipinski definition) is 10. The first-order chi connectivity index (χ1) is 17.7. The average molecular weight is 586 g/mol. The van der Waals surface area contributed by atoms with Crippen molar-refractivity contribution in [3.8, 4) is 23.1 Å². The summed E-state index contributed by atoms with van der Waals surface area (Å²) in [7, 11) is 0. The van der Waals surface area contributed by atoms with Gasteiger partial charge in [0, 0.05) is 6.42 Å². The molecule has 0 saturated carbocycles. The van der Waals surface area contributed by atoms with Crippen LogP contribution in [0.1, 0.15) is 17.7 Å². The largest absolute Gasteiger partial charge is 0.492 e. The predicted octanol–water partition coefficient (Wildman–Crippen LogP) is 4.17. The molecule has 0 bridgehead atoms. The molecular weight excluding hydrogens is 567 g/mol. The molecule has 196 valence electrons. The van der Waals surface area contributed by atoms with Gasteiger partial charge in [-0.15, -0.1) is 10.2 Å². The van der Waals surface area contributed by atoms with E-state index in [1.165, 1.54) is 18.2 Å². The summed E-state index contributed by atoms with van der Waals surface area (Å²) in [5.41, 5.74) is 4.44. The van der Waals surface area contributed by atoms with Gasteiger partial charge in [0.1, 0.15) is 23.8 Å². The molecule has 0 fully saturated rings. The lowest BCUT2D eigenvalue weighted by molar-refractivity contribution is -0.139. The molecule has 2 aromatic carbocycles. The molecule has 0 unspecified atom stereocenters. The normalized spacial score (nSPS) is 13.5. The molecule has 0 spiro atoms. The molecule has 3 aromatic rings. The van der Waals surface area contributed by atoms with Crippen LogP contribution >= 0.6 is 15.9 Å². The van der Waals surface area contributed by atoms with Gasteiger partial charge in [-0.3, -0.25) is 10.2 Å². The summed E-state index contributed by atoms with van der Waals surface area (Å²) in [6.07, 6.45) is -3.89. The van der Waals surface area contributed by atoms with E-state index < -0.39 is 17.7 Å².